The standard InChI is InChI=1S/C29H24N2O3/c1-3-34-25-14-7-6-12-23(25)30-27-26(21-17-15-19(2)16-18-21)28(32)31(29(27)33)24-13-8-10-20-9-4-5-11-22(20)24/h4-18,30H,3H2,1-2H3. The van der Waals surface area contributed by atoms with Crippen molar-refractivity contribution in [2.75, 3.05) is 16.8 Å². The SMILES string of the molecule is CCOc1ccccc1NC1=C(c2ccc(C)cc2)C(=O)N(c2cccc3ccccc23)C1=O. The van der Waals surface area contributed by atoms with Crippen LogP contribution >= 0.6 is 0 Å². The van der Waals surface area contributed by atoms with Crippen LogP contribution in [0.25, 0.3) is 16.3 Å². The molecule has 0 saturated carbocycles. The lowest BCUT2D eigenvalue weighted by Gasteiger charge is -2.18. The Morgan fingerprint density at radius 3 is 2.29 bits per heavy atom. The molecule has 1 heterocycles. The van der Waals surface area contributed by atoms with Crippen molar-refractivity contribution in [1.82, 2.24) is 0 Å². The van der Waals surface area contributed by atoms with Crippen LogP contribution in [0.5, 0.6) is 5.75 Å². The van der Waals surface area contributed by atoms with E-state index >= 15 is 0 Å². The zero-order chi connectivity index (χ0) is 23.7. The number of rotatable bonds is 6. The Balaban J connectivity index is 1.66. The van der Waals surface area contributed by atoms with E-state index in [1.54, 1.807) is 0 Å². The molecule has 4 aromatic carbocycles. The highest BCUT2D eigenvalue weighted by Crippen LogP contribution is 2.38. The summed E-state index contributed by atoms with van der Waals surface area (Å²) in [5.74, 6) is -0.144. The molecule has 0 radical (unpaired) electrons. The number of carbonyl (C=O) groups is 2. The monoisotopic (exact) mass is 448 g/mol. The summed E-state index contributed by atoms with van der Waals surface area (Å²) >= 11 is 0. The molecule has 5 rings (SSSR count). The minimum atomic E-state index is -0.400. The number of anilines is 2. The zero-order valence-electron chi connectivity index (χ0n) is 19.0. The van der Waals surface area contributed by atoms with E-state index in [2.05, 4.69) is 5.32 Å². The first-order valence-corrected chi connectivity index (χ1v) is 11.2. The maximum Gasteiger partial charge on any atom is 0.282 e. The van der Waals surface area contributed by atoms with Gasteiger partial charge in [-0.25, -0.2) is 4.90 Å². The van der Waals surface area contributed by atoms with E-state index in [1.165, 1.54) is 4.90 Å². The van der Waals surface area contributed by atoms with Crippen molar-refractivity contribution in [3.63, 3.8) is 0 Å². The second-order valence-corrected chi connectivity index (χ2v) is 8.11. The molecule has 0 fully saturated rings. The number of benzene rings is 4. The highest BCUT2D eigenvalue weighted by Gasteiger charge is 2.41. The minimum absolute atomic E-state index is 0.231. The largest absolute Gasteiger partial charge is 0.492 e. The molecule has 5 nitrogen and oxygen atoms in total. The summed E-state index contributed by atoms with van der Waals surface area (Å²) in [5.41, 5.74) is 3.52. The lowest BCUT2D eigenvalue weighted by Crippen LogP contribution is -2.32. The number of aryl methyl sites for hydroxylation is 1. The van der Waals surface area contributed by atoms with Crippen molar-refractivity contribution >= 4 is 39.5 Å². The van der Waals surface area contributed by atoms with Crippen molar-refractivity contribution in [2.24, 2.45) is 0 Å². The fourth-order valence-corrected chi connectivity index (χ4v) is 4.24. The maximum atomic E-state index is 13.8. The average molecular weight is 449 g/mol. The van der Waals surface area contributed by atoms with Crippen LogP contribution in [-0.4, -0.2) is 18.4 Å². The Morgan fingerprint density at radius 1 is 0.794 bits per heavy atom. The summed E-state index contributed by atoms with van der Waals surface area (Å²) in [6, 6.07) is 28.4. The van der Waals surface area contributed by atoms with Gasteiger partial charge in [-0.15, -0.1) is 0 Å². The molecule has 0 saturated heterocycles. The molecule has 4 aromatic rings. The molecule has 34 heavy (non-hydrogen) atoms. The van der Waals surface area contributed by atoms with E-state index in [1.807, 2.05) is 105 Å². The van der Waals surface area contributed by atoms with Crippen LogP contribution in [0, 0.1) is 6.92 Å². The number of para-hydroxylation sites is 2. The lowest BCUT2D eigenvalue weighted by atomic mass is 10.0. The van der Waals surface area contributed by atoms with Crippen molar-refractivity contribution in [2.45, 2.75) is 13.8 Å². The number of nitrogens with one attached hydrogen (secondary N) is 1. The highest BCUT2D eigenvalue weighted by atomic mass is 16.5. The number of fused-ring (bicyclic) bond motifs is 1. The van der Waals surface area contributed by atoms with E-state index in [4.69, 9.17) is 4.74 Å². The second kappa shape index (κ2) is 8.87. The Bertz CT molecular complexity index is 1430. The fraction of sp³-hybridized carbons (Fsp3) is 0.103. The number of hydrogen-bond acceptors (Lipinski definition) is 4. The lowest BCUT2D eigenvalue weighted by molar-refractivity contribution is -0.120. The van der Waals surface area contributed by atoms with Gasteiger partial charge in [-0.2, -0.15) is 0 Å². The highest BCUT2D eigenvalue weighted by molar-refractivity contribution is 6.47. The molecule has 0 atom stereocenters. The molecular formula is C29H24N2O3. The van der Waals surface area contributed by atoms with Crippen LogP contribution in [0.2, 0.25) is 0 Å². The van der Waals surface area contributed by atoms with Gasteiger partial charge in [0.15, 0.2) is 0 Å². The normalized spacial score (nSPS) is 13.6. The summed E-state index contributed by atoms with van der Waals surface area (Å²) in [4.78, 5) is 28.9. The number of imide groups is 1. The third-order valence-electron chi connectivity index (χ3n) is 5.88. The van der Waals surface area contributed by atoms with Crippen LogP contribution in [0.3, 0.4) is 0 Å². The molecule has 0 aliphatic carbocycles. The molecule has 0 bridgehead atoms. The van der Waals surface area contributed by atoms with Gasteiger partial charge in [-0.1, -0.05) is 78.4 Å². The molecular weight excluding hydrogens is 424 g/mol. The van der Waals surface area contributed by atoms with Crippen molar-refractivity contribution in [1.29, 1.82) is 0 Å². The van der Waals surface area contributed by atoms with E-state index < -0.39 is 5.91 Å². The topological polar surface area (TPSA) is 58.6 Å². The first-order valence-electron chi connectivity index (χ1n) is 11.2. The molecule has 1 aliphatic heterocycles. The summed E-state index contributed by atoms with van der Waals surface area (Å²) < 4.78 is 5.74. The second-order valence-electron chi connectivity index (χ2n) is 8.11. The van der Waals surface area contributed by atoms with Crippen LogP contribution in [0.15, 0.2) is 96.7 Å². The van der Waals surface area contributed by atoms with Gasteiger partial charge in [0.25, 0.3) is 11.8 Å². The van der Waals surface area contributed by atoms with Gasteiger partial charge in [0.1, 0.15) is 11.4 Å². The first-order chi connectivity index (χ1) is 16.6. The Labute approximate surface area is 198 Å². The average Bonchev–Trinajstić information content (AvgIpc) is 3.10. The zero-order valence-corrected chi connectivity index (χ0v) is 19.0. The molecule has 0 spiro atoms. The van der Waals surface area contributed by atoms with Crippen molar-refractivity contribution in [3.05, 3.63) is 108 Å². The van der Waals surface area contributed by atoms with Gasteiger partial charge >= 0.3 is 0 Å². The number of nitrogens with zero attached hydrogens (tertiary/aromatic N) is 1. The minimum Gasteiger partial charge on any atom is -0.492 e. The van der Waals surface area contributed by atoms with Gasteiger partial charge in [0.05, 0.1) is 23.6 Å². The summed E-state index contributed by atoms with van der Waals surface area (Å²) in [6.07, 6.45) is 0. The maximum absolute atomic E-state index is 13.8. The third kappa shape index (κ3) is 3.71. The molecule has 2 amide bonds. The smallest absolute Gasteiger partial charge is 0.282 e. The van der Waals surface area contributed by atoms with Crippen LogP contribution in [0.1, 0.15) is 18.1 Å². The summed E-state index contributed by atoms with van der Waals surface area (Å²) in [6.45, 7) is 4.37. The summed E-state index contributed by atoms with van der Waals surface area (Å²) in [7, 11) is 0. The van der Waals surface area contributed by atoms with Gasteiger partial charge in [-0.05, 0) is 43.0 Å². The third-order valence-corrected chi connectivity index (χ3v) is 5.88. The predicted molar refractivity (Wildman–Crippen MR) is 136 cm³/mol. The quantitative estimate of drug-likeness (QED) is 0.371. The summed E-state index contributed by atoms with van der Waals surface area (Å²) in [5, 5.41) is 5.03. The van der Waals surface area contributed by atoms with E-state index in [0.29, 0.717) is 34.9 Å². The Hall–Kier alpha value is -4.38. The van der Waals surface area contributed by atoms with Crippen LogP contribution in [-0.2, 0) is 9.59 Å². The molecule has 1 N–H and O–H groups in total. The van der Waals surface area contributed by atoms with E-state index in [0.717, 1.165) is 16.3 Å². The van der Waals surface area contributed by atoms with E-state index in [-0.39, 0.29) is 11.6 Å². The predicted octanol–water partition coefficient (Wildman–Crippen LogP) is 5.94. The molecule has 5 heteroatoms. The van der Waals surface area contributed by atoms with Crippen LogP contribution < -0.4 is 15.0 Å². The van der Waals surface area contributed by atoms with Gasteiger partial charge in [0, 0.05) is 5.39 Å². The Morgan fingerprint density at radius 2 is 1.50 bits per heavy atom. The van der Waals surface area contributed by atoms with Crippen molar-refractivity contribution in [3.8, 4) is 5.75 Å². The van der Waals surface area contributed by atoms with Gasteiger partial charge in [0.2, 0.25) is 0 Å². The molecule has 1 aliphatic rings. The van der Waals surface area contributed by atoms with Crippen molar-refractivity contribution < 1.29 is 14.3 Å². The van der Waals surface area contributed by atoms with Gasteiger partial charge < -0.3 is 10.1 Å². The number of amides is 2. The fourth-order valence-electron chi connectivity index (χ4n) is 4.24. The number of hydrogen-bond donors (Lipinski definition) is 1. The van der Waals surface area contributed by atoms with E-state index in [9.17, 15) is 9.59 Å². The number of ether oxygens (including phenoxy) is 1. The molecule has 168 valence electrons. The van der Waals surface area contributed by atoms with Gasteiger partial charge in [-0.3, -0.25) is 9.59 Å². The molecule has 0 unspecified atom stereocenters. The first kappa shape index (κ1) is 21.5. The molecule has 0 aromatic heterocycles. The Kier molecular flexibility index (Phi) is 5.60. The number of carbonyl (C=O) groups excluding carboxylic acids is 2. The van der Waals surface area contributed by atoms with Crippen LogP contribution in [0.4, 0.5) is 11.4 Å².